The second-order valence-corrected chi connectivity index (χ2v) is 8.61. The molecule has 1 atom stereocenters. The zero-order valence-electron chi connectivity index (χ0n) is 18.9. The minimum Gasteiger partial charge on any atom is -0.507 e. The van der Waals surface area contributed by atoms with Crippen molar-refractivity contribution < 1.29 is 19.4 Å². The Bertz CT molecular complexity index is 1030. The van der Waals surface area contributed by atoms with E-state index in [1.165, 1.54) is 4.90 Å². The van der Waals surface area contributed by atoms with Gasteiger partial charge in [0.05, 0.1) is 18.2 Å². The Morgan fingerprint density at radius 3 is 2.44 bits per heavy atom. The van der Waals surface area contributed by atoms with Crippen molar-refractivity contribution in [3.63, 3.8) is 0 Å². The van der Waals surface area contributed by atoms with Gasteiger partial charge in [0.25, 0.3) is 11.7 Å². The summed E-state index contributed by atoms with van der Waals surface area (Å²) in [7, 11) is 3.80. The molecular weight excluding hydrogens is 428 g/mol. The van der Waals surface area contributed by atoms with Gasteiger partial charge in [0, 0.05) is 23.7 Å². The van der Waals surface area contributed by atoms with Crippen LogP contribution in [0.4, 0.5) is 0 Å². The van der Waals surface area contributed by atoms with Gasteiger partial charge in [-0.05, 0) is 68.9 Å². The van der Waals surface area contributed by atoms with E-state index in [0.717, 1.165) is 17.5 Å². The van der Waals surface area contributed by atoms with Crippen molar-refractivity contribution in [2.75, 3.05) is 33.8 Å². The van der Waals surface area contributed by atoms with Gasteiger partial charge < -0.3 is 19.6 Å². The molecule has 1 amide bonds. The van der Waals surface area contributed by atoms with Gasteiger partial charge in [-0.2, -0.15) is 0 Å². The maximum atomic E-state index is 13.1. The Hall–Kier alpha value is -2.83. The van der Waals surface area contributed by atoms with E-state index in [9.17, 15) is 14.7 Å². The molecule has 0 aromatic heterocycles. The van der Waals surface area contributed by atoms with Crippen LogP contribution >= 0.6 is 11.6 Å². The molecule has 2 aromatic carbocycles. The Balaban J connectivity index is 2.10. The summed E-state index contributed by atoms with van der Waals surface area (Å²) in [4.78, 5) is 29.5. The Labute approximate surface area is 194 Å². The Kier molecular flexibility index (Phi) is 7.59. The lowest BCUT2D eigenvalue weighted by molar-refractivity contribution is -0.140. The Morgan fingerprint density at radius 2 is 1.84 bits per heavy atom. The molecule has 0 bridgehead atoms. The minimum atomic E-state index is -0.692. The lowest BCUT2D eigenvalue weighted by Crippen LogP contribution is -2.35. The number of hydrogen-bond donors (Lipinski definition) is 1. The largest absolute Gasteiger partial charge is 0.507 e. The number of rotatable bonds is 8. The lowest BCUT2D eigenvalue weighted by Gasteiger charge is -2.26. The fraction of sp³-hybridized carbons (Fsp3) is 0.360. The summed E-state index contributed by atoms with van der Waals surface area (Å²) in [5.74, 6) is -0.794. The molecule has 32 heavy (non-hydrogen) atoms. The van der Waals surface area contributed by atoms with E-state index < -0.39 is 17.7 Å². The second-order valence-electron chi connectivity index (χ2n) is 8.17. The fourth-order valence-corrected chi connectivity index (χ4v) is 3.89. The molecule has 1 unspecified atom stereocenters. The van der Waals surface area contributed by atoms with Crippen LogP contribution in [0.15, 0.2) is 48.0 Å². The van der Waals surface area contributed by atoms with Gasteiger partial charge in [0.2, 0.25) is 0 Å². The number of amides is 1. The monoisotopic (exact) mass is 456 g/mol. The molecule has 0 aliphatic carbocycles. The number of likely N-dealkylation sites (tertiary alicyclic amines) is 1. The van der Waals surface area contributed by atoms with Crippen LogP contribution in [0.3, 0.4) is 0 Å². The summed E-state index contributed by atoms with van der Waals surface area (Å²) in [5.41, 5.74) is 2.06. The minimum absolute atomic E-state index is 0.0846. The van der Waals surface area contributed by atoms with Crippen LogP contribution in [0.2, 0.25) is 5.02 Å². The number of likely N-dealkylation sites (N-methyl/N-ethyl adjacent to an activating group) is 1. The molecule has 1 aliphatic rings. The summed E-state index contributed by atoms with van der Waals surface area (Å²) in [5, 5.41) is 11.8. The molecule has 0 spiro atoms. The molecule has 1 N–H and O–H groups in total. The summed E-state index contributed by atoms with van der Waals surface area (Å²) in [6.07, 6.45) is 0.887. The number of hydrogen-bond acceptors (Lipinski definition) is 5. The van der Waals surface area contributed by atoms with Crippen molar-refractivity contribution in [2.24, 2.45) is 0 Å². The number of Topliss-reactive ketones (excluding diaryl/α,β-unsaturated/α-hetero) is 1. The van der Waals surface area contributed by atoms with Crippen LogP contribution < -0.4 is 4.74 Å². The normalized spacial score (nSPS) is 17.9. The number of benzene rings is 2. The first-order chi connectivity index (χ1) is 15.2. The van der Waals surface area contributed by atoms with Crippen LogP contribution in [0.5, 0.6) is 5.75 Å². The molecule has 1 saturated heterocycles. The number of aliphatic hydroxyl groups is 1. The summed E-state index contributed by atoms with van der Waals surface area (Å²) in [6, 6.07) is 11.6. The highest BCUT2D eigenvalue weighted by Crippen LogP contribution is 2.40. The molecule has 170 valence electrons. The predicted molar refractivity (Wildman–Crippen MR) is 126 cm³/mol. The summed E-state index contributed by atoms with van der Waals surface area (Å²) < 4.78 is 5.66. The standard InChI is InChI=1S/C25H29ClN2O4/c1-5-14-32-19-10-11-20(16(2)15-19)23(29)21-22(17-6-8-18(26)9-7-17)28(13-12-27(3)4)25(31)24(21)30/h6-11,15,22,29H,5,12-14H2,1-4H3/b23-21-. The van der Waals surface area contributed by atoms with Gasteiger partial charge in [-0.3, -0.25) is 9.59 Å². The zero-order valence-corrected chi connectivity index (χ0v) is 19.6. The van der Waals surface area contributed by atoms with Gasteiger partial charge in [0.15, 0.2) is 0 Å². The first-order valence-corrected chi connectivity index (χ1v) is 11.0. The highest BCUT2D eigenvalue weighted by molar-refractivity contribution is 6.46. The van der Waals surface area contributed by atoms with Gasteiger partial charge in [-0.25, -0.2) is 0 Å². The van der Waals surface area contributed by atoms with Crippen LogP contribution in [-0.4, -0.2) is 60.4 Å². The molecule has 1 fully saturated rings. The molecule has 6 nitrogen and oxygen atoms in total. The topological polar surface area (TPSA) is 70.1 Å². The van der Waals surface area contributed by atoms with E-state index >= 15 is 0 Å². The third kappa shape index (κ3) is 4.97. The van der Waals surface area contributed by atoms with Crippen molar-refractivity contribution in [3.8, 4) is 5.75 Å². The molecule has 1 heterocycles. The van der Waals surface area contributed by atoms with E-state index in [1.54, 1.807) is 36.4 Å². The number of halogens is 1. The van der Waals surface area contributed by atoms with E-state index in [4.69, 9.17) is 16.3 Å². The predicted octanol–water partition coefficient (Wildman–Crippen LogP) is 4.42. The van der Waals surface area contributed by atoms with Crippen LogP contribution in [-0.2, 0) is 9.59 Å². The molecule has 1 aliphatic heterocycles. The van der Waals surface area contributed by atoms with Crippen molar-refractivity contribution in [3.05, 3.63) is 69.8 Å². The smallest absolute Gasteiger partial charge is 0.295 e. The van der Waals surface area contributed by atoms with Gasteiger partial charge >= 0.3 is 0 Å². The second kappa shape index (κ2) is 10.2. The van der Waals surface area contributed by atoms with Gasteiger partial charge in [0.1, 0.15) is 11.5 Å². The molecule has 7 heteroatoms. The molecule has 0 saturated carbocycles. The number of carbonyl (C=O) groups excluding carboxylic acids is 2. The number of ketones is 1. The number of nitrogens with zero attached hydrogens (tertiary/aromatic N) is 2. The maximum Gasteiger partial charge on any atom is 0.295 e. The average Bonchev–Trinajstić information content (AvgIpc) is 3.01. The maximum absolute atomic E-state index is 13.1. The number of ether oxygens (including phenoxy) is 1. The van der Waals surface area contributed by atoms with Gasteiger partial charge in [-0.1, -0.05) is 30.7 Å². The van der Waals surface area contributed by atoms with Crippen molar-refractivity contribution in [2.45, 2.75) is 26.3 Å². The summed E-state index contributed by atoms with van der Waals surface area (Å²) >= 11 is 6.05. The number of carbonyl (C=O) groups is 2. The van der Waals surface area contributed by atoms with E-state index in [1.807, 2.05) is 38.9 Å². The highest BCUT2D eigenvalue weighted by atomic mass is 35.5. The average molecular weight is 457 g/mol. The third-order valence-corrected chi connectivity index (χ3v) is 5.69. The highest BCUT2D eigenvalue weighted by Gasteiger charge is 2.46. The van der Waals surface area contributed by atoms with E-state index in [2.05, 4.69) is 0 Å². The lowest BCUT2D eigenvalue weighted by atomic mass is 9.94. The first kappa shape index (κ1) is 23.8. The number of aliphatic hydroxyl groups excluding tert-OH is 1. The van der Waals surface area contributed by atoms with Crippen molar-refractivity contribution in [1.82, 2.24) is 9.80 Å². The van der Waals surface area contributed by atoms with E-state index in [0.29, 0.717) is 36.0 Å². The van der Waals surface area contributed by atoms with Crippen LogP contribution in [0.1, 0.15) is 36.1 Å². The quantitative estimate of drug-likeness (QED) is 0.361. The third-order valence-electron chi connectivity index (χ3n) is 5.44. The van der Waals surface area contributed by atoms with E-state index in [-0.39, 0.29) is 11.3 Å². The van der Waals surface area contributed by atoms with Crippen molar-refractivity contribution in [1.29, 1.82) is 0 Å². The Morgan fingerprint density at radius 1 is 1.16 bits per heavy atom. The fourth-order valence-electron chi connectivity index (χ4n) is 3.77. The van der Waals surface area contributed by atoms with Crippen LogP contribution in [0.25, 0.3) is 5.76 Å². The molecule has 2 aromatic rings. The van der Waals surface area contributed by atoms with Gasteiger partial charge in [-0.15, -0.1) is 0 Å². The first-order valence-electron chi connectivity index (χ1n) is 10.7. The molecular formula is C25H29ClN2O4. The van der Waals surface area contributed by atoms with Crippen molar-refractivity contribution >= 4 is 29.1 Å². The molecule has 0 radical (unpaired) electrons. The summed E-state index contributed by atoms with van der Waals surface area (Å²) in [6.45, 7) is 5.40. The number of aryl methyl sites for hydroxylation is 1. The SMILES string of the molecule is CCCOc1ccc(/C(O)=C2/C(=O)C(=O)N(CCN(C)C)C2c2ccc(Cl)cc2)c(C)c1. The van der Waals surface area contributed by atoms with Crippen LogP contribution in [0, 0.1) is 6.92 Å². The molecule has 3 rings (SSSR count). The zero-order chi connectivity index (χ0) is 23.4.